The van der Waals surface area contributed by atoms with Crippen molar-refractivity contribution in [3.63, 3.8) is 0 Å². The number of hydrogen-bond donors (Lipinski definition) is 0. The molecule has 18 heavy (non-hydrogen) atoms. The molecule has 0 aromatic heterocycles. The molecular formula is C13H21BN2O2. The summed E-state index contributed by atoms with van der Waals surface area (Å²) < 4.78 is 12.0. The van der Waals surface area contributed by atoms with E-state index < -0.39 is 0 Å². The first kappa shape index (κ1) is 13.6. The SMILES string of the molecule is CC1(C)OB(C2=CCN(CC#N)CC2)OC1(C)C. The van der Waals surface area contributed by atoms with Gasteiger partial charge < -0.3 is 9.31 Å². The van der Waals surface area contributed by atoms with Gasteiger partial charge in [-0.2, -0.15) is 5.26 Å². The number of nitriles is 1. The summed E-state index contributed by atoms with van der Waals surface area (Å²) in [7, 11) is -0.223. The molecule has 2 aliphatic rings. The van der Waals surface area contributed by atoms with Crippen molar-refractivity contribution < 1.29 is 9.31 Å². The summed E-state index contributed by atoms with van der Waals surface area (Å²) in [5, 5.41) is 8.67. The van der Waals surface area contributed by atoms with Crippen molar-refractivity contribution in [1.29, 1.82) is 5.26 Å². The molecule has 0 N–H and O–H groups in total. The van der Waals surface area contributed by atoms with Gasteiger partial charge >= 0.3 is 7.12 Å². The van der Waals surface area contributed by atoms with Gasteiger partial charge in [-0.15, -0.1) is 0 Å². The quantitative estimate of drug-likeness (QED) is 0.552. The third kappa shape index (κ3) is 2.46. The zero-order chi connectivity index (χ0) is 13.4. The van der Waals surface area contributed by atoms with Gasteiger partial charge in [-0.25, -0.2) is 0 Å². The normalized spacial score (nSPS) is 26.8. The standard InChI is InChI=1S/C13H21BN2O2/c1-12(2)13(3,4)18-14(17-12)11-5-8-16(9-6-11)10-7-15/h5H,6,8-10H2,1-4H3. The largest absolute Gasteiger partial charge is 0.490 e. The molecule has 4 nitrogen and oxygen atoms in total. The Hall–Kier alpha value is -0.825. The highest BCUT2D eigenvalue weighted by atomic mass is 16.7. The maximum absolute atomic E-state index is 8.67. The van der Waals surface area contributed by atoms with Crippen LogP contribution in [0.3, 0.4) is 0 Å². The van der Waals surface area contributed by atoms with Crippen LogP contribution >= 0.6 is 0 Å². The summed E-state index contributed by atoms with van der Waals surface area (Å²) in [4.78, 5) is 2.12. The fraction of sp³-hybridized carbons (Fsp3) is 0.769. The molecular weight excluding hydrogens is 227 g/mol. The van der Waals surface area contributed by atoms with E-state index in [9.17, 15) is 0 Å². The van der Waals surface area contributed by atoms with Gasteiger partial charge in [0.1, 0.15) is 0 Å². The Morgan fingerprint density at radius 3 is 2.39 bits per heavy atom. The van der Waals surface area contributed by atoms with E-state index in [0.29, 0.717) is 6.54 Å². The van der Waals surface area contributed by atoms with Crippen LogP contribution < -0.4 is 0 Å². The molecule has 0 radical (unpaired) electrons. The fourth-order valence-corrected chi connectivity index (χ4v) is 2.18. The van der Waals surface area contributed by atoms with Crippen molar-refractivity contribution in [3.05, 3.63) is 11.5 Å². The molecule has 0 amide bonds. The van der Waals surface area contributed by atoms with Gasteiger partial charge in [0.05, 0.1) is 23.8 Å². The Morgan fingerprint density at radius 2 is 1.94 bits per heavy atom. The van der Waals surface area contributed by atoms with Crippen LogP contribution in [0.5, 0.6) is 0 Å². The topological polar surface area (TPSA) is 45.5 Å². The van der Waals surface area contributed by atoms with Crippen LogP contribution in [0.1, 0.15) is 34.1 Å². The molecule has 1 saturated heterocycles. The van der Waals surface area contributed by atoms with Crippen molar-refractivity contribution in [2.24, 2.45) is 0 Å². The van der Waals surface area contributed by atoms with E-state index in [-0.39, 0.29) is 18.3 Å². The zero-order valence-electron chi connectivity index (χ0n) is 11.7. The summed E-state index contributed by atoms with van der Waals surface area (Å²) in [5.41, 5.74) is 0.660. The average molecular weight is 248 g/mol. The molecule has 0 atom stereocenters. The molecule has 0 spiro atoms. The summed E-state index contributed by atoms with van der Waals surface area (Å²) >= 11 is 0. The minimum Gasteiger partial charge on any atom is -0.400 e. The van der Waals surface area contributed by atoms with Crippen LogP contribution in [-0.2, 0) is 9.31 Å². The van der Waals surface area contributed by atoms with Crippen molar-refractivity contribution in [2.75, 3.05) is 19.6 Å². The molecule has 0 aromatic rings. The van der Waals surface area contributed by atoms with Crippen LogP contribution in [0.2, 0.25) is 0 Å². The van der Waals surface area contributed by atoms with Crippen LogP contribution in [0.25, 0.3) is 0 Å². The van der Waals surface area contributed by atoms with Crippen molar-refractivity contribution in [3.8, 4) is 6.07 Å². The van der Waals surface area contributed by atoms with Gasteiger partial charge in [0.2, 0.25) is 0 Å². The molecule has 2 rings (SSSR count). The highest BCUT2D eigenvalue weighted by Crippen LogP contribution is 2.39. The second-order valence-corrected chi connectivity index (χ2v) is 6.01. The maximum Gasteiger partial charge on any atom is 0.490 e. The Balaban J connectivity index is 2.02. The highest BCUT2D eigenvalue weighted by molar-refractivity contribution is 6.54. The number of hydrogen-bond acceptors (Lipinski definition) is 4. The first-order valence-corrected chi connectivity index (χ1v) is 6.49. The molecule has 2 heterocycles. The van der Waals surface area contributed by atoms with E-state index in [1.54, 1.807) is 0 Å². The molecule has 5 heteroatoms. The second-order valence-electron chi connectivity index (χ2n) is 6.01. The third-order valence-electron chi connectivity index (χ3n) is 4.18. The van der Waals surface area contributed by atoms with Gasteiger partial charge in [0, 0.05) is 13.1 Å². The van der Waals surface area contributed by atoms with E-state index in [1.165, 1.54) is 5.47 Å². The van der Waals surface area contributed by atoms with E-state index in [2.05, 4.69) is 44.7 Å². The van der Waals surface area contributed by atoms with Crippen LogP contribution in [0, 0.1) is 11.3 Å². The Labute approximate surface area is 110 Å². The molecule has 1 fully saturated rings. The molecule has 0 bridgehead atoms. The third-order valence-corrected chi connectivity index (χ3v) is 4.18. The summed E-state index contributed by atoms with van der Waals surface area (Å²) in [5.74, 6) is 0. The van der Waals surface area contributed by atoms with Gasteiger partial charge in [0.25, 0.3) is 0 Å². The lowest BCUT2D eigenvalue weighted by atomic mass is 9.75. The van der Waals surface area contributed by atoms with Gasteiger partial charge in [-0.1, -0.05) is 6.08 Å². The second kappa shape index (κ2) is 4.69. The number of nitrogens with zero attached hydrogens (tertiary/aromatic N) is 2. The summed E-state index contributed by atoms with van der Waals surface area (Å²) in [6.45, 7) is 10.5. The van der Waals surface area contributed by atoms with Crippen LogP contribution in [0.15, 0.2) is 11.5 Å². The predicted molar refractivity (Wildman–Crippen MR) is 70.8 cm³/mol. The molecule has 0 aromatic carbocycles. The molecule has 0 aliphatic carbocycles. The highest BCUT2D eigenvalue weighted by Gasteiger charge is 2.52. The first-order valence-electron chi connectivity index (χ1n) is 6.49. The van der Waals surface area contributed by atoms with Crippen molar-refractivity contribution in [2.45, 2.75) is 45.3 Å². The smallest absolute Gasteiger partial charge is 0.400 e. The Morgan fingerprint density at radius 1 is 1.33 bits per heavy atom. The van der Waals surface area contributed by atoms with Crippen molar-refractivity contribution in [1.82, 2.24) is 4.90 Å². The molecule has 0 saturated carbocycles. The lowest BCUT2D eigenvalue weighted by Crippen LogP contribution is -2.41. The van der Waals surface area contributed by atoms with E-state index >= 15 is 0 Å². The van der Waals surface area contributed by atoms with Crippen molar-refractivity contribution >= 4 is 7.12 Å². The molecule has 0 unspecified atom stereocenters. The summed E-state index contributed by atoms with van der Waals surface area (Å²) in [6.07, 6.45) is 3.06. The zero-order valence-corrected chi connectivity index (χ0v) is 11.7. The monoisotopic (exact) mass is 248 g/mol. The van der Waals surface area contributed by atoms with Crippen LogP contribution in [-0.4, -0.2) is 42.9 Å². The lowest BCUT2D eigenvalue weighted by Gasteiger charge is -2.32. The average Bonchev–Trinajstić information content (AvgIpc) is 2.50. The Kier molecular flexibility index (Phi) is 3.55. The van der Waals surface area contributed by atoms with E-state index in [1.807, 2.05) is 0 Å². The predicted octanol–water partition coefficient (Wildman–Crippen LogP) is 1.77. The lowest BCUT2D eigenvalue weighted by molar-refractivity contribution is 0.00578. The van der Waals surface area contributed by atoms with Crippen LogP contribution in [0.4, 0.5) is 0 Å². The molecule has 98 valence electrons. The van der Waals surface area contributed by atoms with Gasteiger partial charge in [-0.05, 0) is 39.6 Å². The molecule has 2 aliphatic heterocycles. The van der Waals surface area contributed by atoms with E-state index in [4.69, 9.17) is 14.6 Å². The van der Waals surface area contributed by atoms with Gasteiger partial charge in [-0.3, -0.25) is 4.90 Å². The number of rotatable bonds is 2. The first-order chi connectivity index (χ1) is 8.36. The van der Waals surface area contributed by atoms with E-state index in [0.717, 1.165) is 19.5 Å². The fourth-order valence-electron chi connectivity index (χ4n) is 2.18. The maximum atomic E-state index is 8.67. The van der Waals surface area contributed by atoms with Gasteiger partial charge in [0.15, 0.2) is 0 Å². The summed E-state index contributed by atoms with van der Waals surface area (Å²) in [6, 6.07) is 2.18. The Bertz CT molecular complexity index is 382. The minimum absolute atomic E-state index is 0.223. The minimum atomic E-state index is -0.276.